The molecule has 8 aromatic rings. The molecule has 0 saturated carbocycles. The Morgan fingerprint density at radius 3 is 1.67 bits per heavy atom. The number of benzene rings is 7. The average Bonchev–Trinajstić information content (AvgIpc) is 2.93. The number of hydrogen-bond donors (Lipinski definition) is 0. The molecule has 0 N–H and O–H groups in total. The average molecular weight is 932 g/mol. The van der Waals surface area contributed by atoms with Crippen LogP contribution in [0.4, 0.5) is 51.2 Å². The van der Waals surface area contributed by atoms with Crippen molar-refractivity contribution < 1.29 is 13.7 Å². The minimum Gasteiger partial charge on any atom is -0.311 e. The molecule has 0 spiro atoms. The molecule has 1 aromatic heterocycles. The van der Waals surface area contributed by atoms with E-state index < -0.39 is 60.4 Å². The number of nitrogens with zero attached hydrogens (tertiary/aromatic N) is 3. The Labute approximate surface area is 431 Å². The SMILES string of the molecule is [2H]c1c([2H])c([2H])c(N(c2ccc3c(c2)N(c2ccc(C(C)(C)C)cc2)c2cc(C(C)(C)C)cc4c2B3c2sc3cc(C(C)(C)C)ccc3c2N4c2ccc3c(c2)C(C)(C)CCC3(C)C)c2c([2H])c([2H])c([2H])c([2H])c2[2H])c([2H])c1[2H]. The van der Waals surface area contributed by atoms with Gasteiger partial charge < -0.3 is 14.7 Å². The van der Waals surface area contributed by atoms with Crippen LogP contribution in [-0.4, -0.2) is 6.71 Å². The molecule has 3 heterocycles. The van der Waals surface area contributed by atoms with Gasteiger partial charge in [-0.2, -0.15) is 0 Å². The largest absolute Gasteiger partial charge is 0.311 e. The Bertz CT molecular complexity index is 3770. The van der Waals surface area contributed by atoms with Gasteiger partial charge in [0.1, 0.15) is 0 Å². The zero-order valence-corrected chi connectivity index (χ0v) is 43.2. The topological polar surface area (TPSA) is 9.72 Å². The number of hydrogen-bond acceptors (Lipinski definition) is 4. The van der Waals surface area contributed by atoms with Gasteiger partial charge in [-0.3, -0.25) is 0 Å². The van der Waals surface area contributed by atoms with Crippen molar-refractivity contribution in [2.45, 2.75) is 130 Å². The predicted molar refractivity (Wildman–Crippen MR) is 302 cm³/mol. The Balaban J connectivity index is 1.29. The first-order valence-electron chi connectivity index (χ1n) is 29.4. The Hall–Kier alpha value is -6.04. The van der Waals surface area contributed by atoms with Gasteiger partial charge in [0.15, 0.2) is 0 Å². The summed E-state index contributed by atoms with van der Waals surface area (Å²) in [6.45, 7) is 29.2. The third kappa shape index (κ3) is 7.53. The van der Waals surface area contributed by atoms with E-state index in [9.17, 15) is 5.48 Å². The van der Waals surface area contributed by atoms with Gasteiger partial charge in [0.05, 0.1) is 19.4 Å². The number of fused-ring (bicyclic) bond motifs is 7. The van der Waals surface area contributed by atoms with E-state index in [1.165, 1.54) is 26.3 Å². The summed E-state index contributed by atoms with van der Waals surface area (Å²) in [7, 11) is 0. The maximum absolute atomic E-state index is 9.35. The van der Waals surface area contributed by atoms with E-state index in [0.717, 1.165) is 79.2 Å². The van der Waals surface area contributed by atoms with Crippen LogP contribution in [-0.2, 0) is 27.1 Å². The predicted octanol–water partition coefficient (Wildman–Crippen LogP) is 16.7. The second-order valence-electron chi connectivity index (χ2n) is 23.9. The molecule has 69 heavy (non-hydrogen) atoms. The van der Waals surface area contributed by atoms with Crippen LogP contribution in [0.3, 0.4) is 0 Å². The van der Waals surface area contributed by atoms with Crippen LogP contribution in [0.2, 0.25) is 0 Å². The van der Waals surface area contributed by atoms with E-state index in [0.29, 0.717) is 0 Å². The number of thiophene rings is 1. The first-order valence-corrected chi connectivity index (χ1v) is 25.3. The maximum Gasteiger partial charge on any atom is 0.264 e. The van der Waals surface area contributed by atoms with Crippen LogP contribution < -0.4 is 30.4 Å². The van der Waals surface area contributed by atoms with Crippen molar-refractivity contribution in [3.05, 3.63) is 179 Å². The van der Waals surface area contributed by atoms with Gasteiger partial charge in [-0.1, -0.05) is 163 Å². The molecular formula is C64H68BN3S. The summed E-state index contributed by atoms with van der Waals surface area (Å²) < 4.78 is 92.2. The third-order valence-electron chi connectivity index (χ3n) is 15.1. The van der Waals surface area contributed by atoms with Gasteiger partial charge in [0, 0.05) is 60.4 Å². The number of rotatable bonds is 5. The van der Waals surface area contributed by atoms with E-state index in [1.807, 2.05) is 12.1 Å². The van der Waals surface area contributed by atoms with Crippen LogP contribution in [0.15, 0.2) is 151 Å². The molecule has 348 valence electrons. The number of para-hydroxylation sites is 2. The monoisotopic (exact) mass is 932 g/mol. The van der Waals surface area contributed by atoms with Crippen molar-refractivity contribution >= 4 is 95.0 Å². The lowest BCUT2D eigenvalue weighted by atomic mass is 9.36. The van der Waals surface area contributed by atoms with Crippen LogP contribution in [0.5, 0.6) is 0 Å². The highest BCUT2D eigenvalue weighted by Gasteiger charge is 2.47. The molecule has 2 aliphatic heterocycles. The zero-order valence-electron chi connectivity index (χ0n) is 52.4. The lowest BCUT2D eigenvalue weighted by molar-refractivity contribution is 0.332. The summed E-state index contributed by atoms with van der Waals surface area (Å²) in [5.41, 5.74) is 13.0. The normalized spacial score (nSPS) is 18.0. The van der Waals surface area contributed by atoms with Gasteiger partial charge in [0.25, 0.3) is 6.71 Å². The van der Waals surface area contributed by atoms with Crippen molar-refractivity contribution in [2.75, 3.05) is 14.7 Å². The molecular weight excluding hydrogens is 854 g/mol. The lowest BCUT2D eigenvalue weighted by Gasteiger charge is -2.45. The summed E-state index contributed by atoms with van der Waals surface area (Å²) in [5, 5.41) is 1.14. The van der Waals surface area contributed by atoms with E-state index in [2.05, 4.69) is 173 Å². The lowest BCUT2D eigenvalue weighted by Crippen LogP contribution is -2.60. The zero-order chi connectivity index (χ0) is 57.3. The maximum atomic E-state index is 9.35. The molecule has 1 aliphatic carbocycles. The highest BCUT2D eigenvalue weighted by atomic mass is 32.1. The Morgan fingerprint density at radius 1 is 0.522 bits per heavy atom. The minimum absolute atomic E-state index is 0.0114. The summed E-state index contributed by atoms with van der Waals surface area (Å²) in [4.78, 5) is 6.07. The highest BCUT2D eigenvalue weighted by Crippen LogP contribution is 2.53. The minimum atomic E-state index is -0.618. The van der Waals surface area contributed by atoms with Gasteiger partial charge >= 0.3 is 0 Å². The van der Waals surface area contributed by atoms with E-state index in [4.69, 9.17) is 8.22 Å². The third-order valence-corrected chi connectivity index (χ3v) is 16.4. The smallest absolute Gasteiger partial charge is 0.264 e. The molecule has 7 aromatic carbocycles. The molecule has 0 fully saturated rings. The molecule has 0 radical (unpaired) electrons. The fourth-order valence-electron chi connectivity index (χ4n) is 11.0. The molecule has 0 saturated heterocycles. The molecule has 0 bridgehead atoms. The first kappa shape index (κ1) is 35.1. The molecule has 3 nitrogen and oxygen atoms in total. The van der Waals surface area contributed by atoms with Crippen LogP contribution >= 0.6 is 11.3 Å². The molecule has 0 amide bonds. The van der Waals surface area contributed by atoms with Crippen molar-refractivity contribution in [3.63, 3.8) is 0 Å². The summed E-state index contributed by atoms with van der Waals surface area (Å²) >= 11 is 1.80. The second-order valence-corrected chi connectivity index (χ2v) is 25.0. The van der Waals surface area contributed by atoms with Crippen molar-refractivity contribution in [1.82, 2.24) is 0 Å². The molecule has 11 rings (SSSR count). The summed E-state index contributed by atoms with van der Waals surface area (Å²) in [5.74, 6) is 0. The van der Waals surface area contributed by atoms with Crippen LogP contribution in [0.25, 0.3) is 10.1 Å². The highest BCUT2D eigenvalue weighted by molar-refractivity contribution is 7.33. The second kappa shape index (κ2) is 15.7. The summed E-state index contributed by atoms with van der Waals surface area (Å²) in [6, 6.07) is 27.1. The van der Waals surface area contributed by atoms with Gasteiger partial charge in [0.2, 0.25) is 0 Å². The summed E-state index contributed by atoms with van der Waals surface area (Å²) in [6.07, 6.45) is 2.17. The molecule has 5 heteroatoms. The van der Waals surface area contributed by atoms with Crippen LogP contribution in [0.1, 0.15) is 144 Å². The van der Waals surface area contributed by atoms with Gasteiger partial charge in [-0.25, -0.2) is 0 Å². The van der Waals surface area contributed by atoms with E-state index >= 15 is 0 Å². The fourth-order valence-corrected chi connectivity index (χ4v) is 12.3. The quantitative estimate of drug-likeness (QED) is 0.159. The van der Waals surface area contributed by atoms with Gasteiger partial charge in [-0.05, 0) is 157 Å². The number of anilines is 9. The molecule has 0 unspecified atom stereocenters. The van der Waals surface area contributed by atoms with Crippen LogP contribution in [0, 0.1) is 0 Å². The van der Waals surface area contributed by atoms with Crippen molar-refractivity contribution in [2.24, 2.45) is 0 Å². The Kier molecular flexibility index (Phi) is 8.01. The fraction of sp³-hybridized carbons (Fsp3) is 0.312. The van der Waals surface area contributed by atoms with Gasteiger partial charge in [-0.15, -0.1) is 11.3 Å². The van der Waals surface area contributed by atoms with Crippen molar-refractivity contribution in [1.29, 1.82) is 0 Å². The first-order chi connectivity index (χ1) is 36.7. The van der Waals surface area contributed by atoms with E-state index in [-0.39, 0.29) is 50.8 Å². The van der Waals surface area contributed by atoms with E-state index in [1.54, 1.807) is 17.4 Å². The van der Waals surface area contributed by atoms with Crippen molar-refractivity contribution in [3.8, 4) is 0 Å². The Morgan fingerprint density at radius 2 is 1.07 bits per heavy atom. The molecule has 0 atom stereocenters. The molecule has 3 aliphatic rings. The standard InChI is InChI=1S/C64H68BN3S/c1-60(2,3)41-24-27-46(28-25-41)67-53-40-48(66(44-20-16-14-17-21-44)45-22-18-15-19-23-45)30-33-52(53)65-57-54(67)36-43(62(7,8)9)37-55(57)68(47-29-32-50-51(39-47)64(12,13)35-34-63(50,10)11)58-49-31-26-42(61(4,5)6)38-56(49)69-59(58)65/h14-33,36-40H,34-35H2,1-13H3/i14D,15D,16D,17D,18D,19D,20D,21D,22D,23D.